The molecule has 0 spiro atoms. The van der Waals surface area contributed by atoms with E-state index in [1.54, 1.807) is 19.2 Å². The van der Waals surface area contributed by atoms with E-state index in [0.717, 1.165) is 11.1 Å². The molecular weight excluding hydrogens is 404 g/mol. The molecule has 8 heteroatoms. The summed E-state index contributed by atoms with van der Waals surface area (Å²) in [4.78, 5) is 21.1. The number of aryl methyl sites for hydroxylation is 2. The monoisotopic (exact) mass is 422 g/mol. The average Bonchev–Trinajstić information content (AvgIpc) is 3.40. The maximum atomic E-state index is 12.6. The molecule has 0 aliphatic rings. The first-order valence-corrected chi connectivity index (χ1v) is 9.82. The van der Waals surface area contributed by atoms with Crippen LogP contribution < -0.4 is 5.32 Å². The van der Waals surface area contributed by atoms with E-state index in [1.807, 2.05) is 48.5 Å². The number of nitrogens with one attached hydrogen (secondary N) is 1. The van der Waals surface area contributed by atoms with Crippen LogP contribution in [0.15, 0.2) is 69.7 Å². The molecule has 1 N–H and O–H groups in total. The Morgan fingerprint density at radius 2 is 1.90 bits per heavy atom. The number of halogens is 1. The number of hydrogen-bond acceptors (Lipinski definition) is 6. The Balaban J connectivity index is 1.43. The molecule has 1 amide bonds. The lowest BCUT2D eigenvalue weighted by Gasteiger charge is -2.15. The van der Waals surface area contributed by atoms with Crippen molar-refractivity contribution in [3.63, 3.8) is 0 Å². The first kappa shape index (κ1) is 19.8. The Kier molecular flexibility index (Phi) is 5.90. The summed E-state index contributed by atoms with van der Waals surface area (Å²) in [6.45, 7) is 1.73. The van der Waals surface area contributed by atoms with Gasteiger partial charge in [-0.15, -0.1) is 0 Å². The van der Waals surface area contributed by atoms with Crippen LogP contribution in [0.4, 0.5) is 0 Å². The van der Waals surface area contributed by atoms with E-state index < -0.39 is 6.04 Å². The van der Waals surface area contributed by atoms with Gasteiger partial charge in [0, 0.05) is 18.4 Å². The highest BCUT2D eigenvalue weighted by molar-refractivity contribution is 6.33. The van der Waals surface area contributed by atoms with Gasteiger partial charge in [-0.05, 0) is 24.6 Å². The first-order valence-electron chi connectivity index (χ1n) is 9.44. The molecule has 0 aliphatic heterocycles. The SMILES string of the molecule is Cc1noc([C@@H](NC(=O)CCc2ncc(-c3ccccc3Cl)o2)c2ccccc2)n1. The van der Waals surface area contributed by atoms with Crippen molar-refractivity contribution >= 4 is 17.5 Å². The third-order valence-electron chi connectivity index (χ3n) is 4.49. The number of benzene rings is 2. The molecular formula is C22H19ClN4O3. The molecule has 1 atom stereocenters. The zero-order valence-electron chi connectivity index (χ0n) is 16.2. The van der Waals surface area contributed by atoms with Crippen LogP contribution in [0.3, 0.4) is 0 Å². The molecule has 4 aromatic rings. The van der Waals surface area contributed by atoms with Gasteiger partial charge in [-0.3, -0.25) is 4.79 Å². The Bertz CT molecular complexity index is 1140. The molecule has 2 heterocycles. The van der Waals surface area contributed by atoms with Crippen molar-refractivity contribution in [3.05, 3.63) is 89.0 Å². The van der Waals surface area contributed by atoms with E-state index >= 15 is 0 Å². The number of hydrogen-bond donors (Lipinski definition) is 1. The fourth-order valence-electron chi connectivity index (χ4n) is 3.03. The van der Waals surface area contributed by atoms with Crippen LogP contribution in [0.1, 0.15) is 35.6 Å². The van der Waals surface area contributed by atoms with Gasteiger partial charge in [0.2, 0.25) is 5.91 Å². The number of oxazole rings is 1. The smallest absolute Gasteiger partial charge is 0.253 e. The maximum Gasteiger partial charge on any atom is 0.253 e. The van der Waals surface area contributed by atoms with Gasteiger partial charge in [0.05, 0.1) is 11.2 Å². The number of carbonyl (C=O) groups excluding carboxylic acids is 1. The molecule has 7 nitrogen and oxygen atoms in total. The fourth-order valence-corrected chi connectivity index (χ4v) is 3.26. The molecule has 0 saturated heterocycles. The zero-order valence-corrected chi connectivity index (χ0v) is 17.0. The van der Waals surface area contributed by atoms with E-state index in [1.165, 1.54) is 0 Å². The Morgan fingerprint density at radius 3 is 2.63 bits per heavy atom. The Morgan fingerprint density at radius 1 is 1.13 bits per heavy atom. The van der Waals surface area contributed by atoms with Gasteiger partial charge in [-0.25, -0.2) is 4.98 Å². The van der Waals surface area contributed by atoms with Gasteiger partial charge in [-0.1, -0.05) is 59.2 Å². The minimum Gasteiger partial charge on any atom is -0.441 e. The summed E-state index contributed by atoms with van der Waals surface area (Å²) in [5, 5.41) is 7.37. The molecule has 0 saturated carbocycles. The second-order valence-corrected chi connectivity index (χ2v) is 7.10. The summed E-state index contributed by atoms with van der Waals surface area (Å²) >= 11 is 6.20. The Labute approximate surface area is 178 Å². The average molecular weight is 423 g/mol. The molecule has 2 aromatic heterocycles. The summed E-state index contributed by atoms with van der Waals surface area (Å²) in [6, 6.07) is 16.3. The predicted molar refractivity (Wildman–Crippen MR) is 111 cm³/mol. The van der Waals surface area contributed by atoms with Crippen molar-refractivity contribution < 1.29 is 13.7 Å². The van der Waals surface area contributed by atoms with E-state index in [2.05, 4.69) is 20.4 Å². The third kappa shape index (κ3) is 4.58. The first-order chi connectivity index (χ1) is 14.6. The van der Waals surface area contributed by atoms with Gasteiger partial charge in [-0.2, -0.15) is 4.98 Å². The van der Waals surface area contributed by atoms with Crippen molar-refractivity contribution in [2.24, 2.45) is 0 Å². The summed E-state index contributed by atoms with van der Waals surface area (Å²) in [5.41, 5.74) is 1.62. The van der Waals surface area contributed by atoms with E-state index in [4.69, 9.17) is 20.5 Å². The molecule has 0 aliphatic carbocycles. The van der Waals surface area contributed by atoms with Crippen LogP contribution in [0.2, 0.25) is 5.02 Å². The summed E-state index contributed by atoms with van der Waals surface area (Å²) in [7, 11) is 0. The molecule has 152 valence electrons. The number of amides is 1. The second-order valence-electron chi connectivity index (χ2n) is 6.69. The molecule has 2 aromatic carbocycles. The lowest BCUT2D eigenvalue weighted by Crippen LogP contribution is -2.29. The minimum absolute atomic E-state index is 0.183. The number of nitrogens with zero attached hydrogens (tertiary/aromatic N) is 3. The standard InChI is InChI=1S/C22H19ClN4O3/c1-14-25-22(30-27-14)21(15-7-3-2-4-8-15)26-19(28)11-12-20-24-13-18(29-20)16-9-5-6-10-17(16)23/h2-10,13,21H,11-12H2,1H3,(H,26,28)/t21-/m0/s1. The number of aromatic nitrogens is 3. The van der Waals surface area contributed by atoms with E-state index in [0.29, 0.717) is 34.8 Å². The van der Waals surface area contributed by atoms with Crippen LogP contribution in [0.5, 0.6) is 0 Å². The van der Waals surface area contributed by atoms with Crippen molar-refractivity contribution in [2.75, 3.05) is 0 Å². The van der Waals surface area contributed by atoms with E-state index in [-0.39, 0.29) is 12.3 Å². The van der Waals surface area contributed by atoms with Crippen molar-refractivity contribution in [3.8, 4) is 11.3 Å². The largest absolute Gasteiger partial charge is 0.441 e. The predicted octanol–water partition coefficient (Wildman–Crippen LogP) is 4.52. The molecule has 30 heavy (non-hydrogen) atoms. The number of carbonyl (C=O) groups is 1. The van der Waals surface area contributed by atoms with Gasteiger partial charge in [0.15, 0.2) is 17.5 Å². The maximum absolute atomic E-state index is 12.6. The Hall–Kier alpha value is -3.45. The highest BCUT2D eigenvalue weighted by Gasteiger charge is 2.22. The number of rotatable bonds is 7. The highest BCUT2D eigenvalue weighted by Crippen LogP contribution is 2.28. The minimum atomic E-state index is -0.525. The lowest BCUT2D eigenvalue weighted by atomic mass is 10.1. The molecule has 0 unspecified atom stereocenters. The fraction of sp³-hybridized carbons (Fsp3) is 0.182. The van der Waals surface area contributed by atoms with Gasteiger partial charge < -0.3 is 14.3 Å². The molecule has 0 bridgehead atoms. The van der Waals surface area contributed by atoms with Gasteiger partial charge in [0.1, 0.15) is 6.04 Å². The molecule has 0 fully saturated rings. The van der Waals surface area contributed by atoms with Crippen molar-refractivity contribution in [1.82, 2.24) is 20.4 Å². The normalized spacial score (nSPS) is 11.9. The zero-order chi connectivity index (χ0) is 20.9. The topological polar surface area (TPSA) is 94.1 Å². The summed E-state index contributed by atoms with van der Waals surface area (Å²) in [6.07, 6.45) is 2.15. The third-order valence-corrected chi connectivity index (χ3v) is 4.82. The highest BCUT2D eigenvalue weighted by atomic mass is 35.5. The summed E-state index contributed by atoms with van der Waals surface area (Å²) in [5.74, 6) is 1.69. The van der Waals surface area contributed by atoms with Gasteiger partial charge >= 0.3 is 0 Å². The second kappa shape index (κ2) is 8.92. The van der Waals surface area contributed by atoms with Crippen LogP contribution in [0.25, 0.3) is 11.3 Å². The molecule has 0 radical (unpaired) electrons. The summed E-state index contributed by atoms with van der Waals surface area (Å²) < 4.78 is 11.1. The van der Waals surface area contributed by atoms with Crippen LogP contribution in [-0.2, 0) is 11.2 Å². The van der Waals surface area contributed by atoms with E-state index in [9.17, 15) is 4.79 Å². The van der Waals surface area contributed by atoms with Gasteiger partial charge in [0.25, 0.3) is 5.89 Å². The van der Waals surface area contributed by atoms with Crippen LogP contribution in [-0.4, -0.2) is 21.0 Å². The van der Waals surface area contributed by atoms with Crippen molar-refractivity contribution in [1.29, 1.82) is 0 Å². The van der Waals surface area contributed by atoms with Crippen molar-refractivity contribution in [2.45, 2.75) is 25.8 Å². The lowest BCUT2D eigenvalue weighted by molar-refractivity contribution is -0.121. The van der Waals surface area contributed by atoms with Crippen LogP contribution >= 0.6 is 11.6 Å². The van der Waals surface area contributed by atoms with Crippen LogP contribution in [0, 0.1) is 6.92 Å². The molecule has 4 rings (SSSR count). The quantitative estimate of drug-likeness (QED) is 0.470.